The van der Waals surface area contributed by atoms with Crippen molar-refractivity contribution in [2.45, 2.75) is 77.4 Å². The van der Waals surface area contributed by atoms with Gasteiger partial charge in [-0.1, -0.05) is 32.8 Å². The Kier molecular flexibility index (Phi) is 9.65. The molecule has 0 bridgehead atoms. The van der Waals surface area contributed by atoms with E-state index in [1.165, 1.54) is 6.07 Å². The van der Waals surface area contributed by atoms with E-state index in [9.17, 15) is 19.1 Å². The molecule has 0 aliphatic carbocycles. The maximum absolute atomic E-state index is 14.3. The summed E-state index contributed by atoms with van der Waals surface area (Å²) in [4.78, 5) is 35.2. The van der Waals surface area contributed by atoms with Crippen LogP contribution in [0.4, 0.5) is 10.1 Å². The molecule has 1 aromatic heterocycles. The molecule has 10 heteroatoms. The third kappa shape index (κ3) is 6.69. The molecular formula is C33H41FN4O5. The van der Waals surface area contributed by atoms with Gasteiger partial charge >= 0.3 is 5.97 Å². The maximum atomic E-state index is 14.3. The predicted molar refractivity (Wildman–Crippen MR) is 161 cm³/mol. The van der Waals surface area contributed by atoms with Crippen molar-refractivity contribution < 1.29 is 28.6 Å². The van der Waals surface area contributed by atoms with E-state index in [2.05, 4.69) is 18.8 Å². The van der Waals surface area contributed by atoms with Crippen molar-refractivity contribution in [3.8, 4) is 11.5 Å². The molecule has 5 rings (SSSR count). The Hall–Kier alpha value is -3.92. The molecule has 3 heterocycles. The summed E-state index contributed by atoms with van der Waals surface area (Å²) in [5.74, 6) is -1.16. The minimum absolute atomic E-state index is 0.0423. The third-order valence-corrected chi connectivity index (χ3v) is 8.74. The number of ether oxygens (including phenoxy) is 2. The lowest BCUT2D eigenvalue weighted by molar-refractivity contribution is -0.143. The third-order valence-electron chi connectivity index (χ3n) is 8.74. The molecule has 1 saturated heterocycles. The number of rotatable bonds is 13. The summed E-state index contributed by atoms with van der Waals surface area (Å²) in [6.45, 7) is 7.06. The number of carboxylic acids is 1. The van der Waals surface area contributed by atoms with E-state index >= 15 is 0 Å². The molecule has 1 unspecified atom stereocenters. The van der Waals surface area contributed by atoms with Gasteiger partial charge in [0, 0.05) is 49.2 Å². The monoisotopic (exact) mass is 592 g/mol. The highest BCUT2D eigenvalue weighted by Crippen LogP contribution is 2.43. The zero-order valence-corrected chi connectivity index (χ0v) is 25.1. The van der Waals surface area contributed by atoms with Gasteiger partial charge in [0.15, 0.2) is 11.5 Å². The molecule has 0 saturated carbocycles. The van der Waals surface area contributed by atoms with Crippen molar-refractivity contribution in [2.24, 2.45) is 5.92 Å². The van der Waals surface area contributed by atoms with Crippen molar-refractivity contribution >= 4 is 17.6 Å². The van der Waals surface area contributed by atoms with Crippen LogP contribution in [-0.2, 0) is 16.1 Å². The van der Waals surface area contributed by atoms with Gasteiger partial charge in [-0.2, -0.15) is 0 Å². The number of likely N-dealkylation sites (tertiary alicyclic amines) is 1. The largest absolute Gasteiger partial charge is 0.481 e. The highest BCUT2D eigenvalue weighted by Gasteiger charge is 2.47. The standard InChI is InChI=1S/C33H41FN4O5/c1-4-6-24(7-5-2)38(25-9-10-27(34)22(3)16-25)31(39)19-37-18-26(23-8-11-29-30(17-23)43-21-42-29)32(33(40)41)28(37)12-14-36-15-13-35-20-36/h8-11,13,15-17,20,24,26,28,32H,4-7,12,14,18-19,21H2,1-3H3,(H,40,41)/t26-,28+,32?/m1/s1. The molecule has 9 nitrogen and oxygen atoms in total. The minimum atomic E-state index is -0.894. The minimum Gasteiger partial charge on any atom is -0.481 e. The quantitative estimate of drug-likeness (QED) is 0.275. The summed E-state index contributed by atoms with van der Waals surface area (Å²) in [6, 6.07) is 9.98. The summed E-state index contributed by atoms with van der Waals surface area (Å²) in [7, 11) is 0. The van der Waals surface area contributed by atoms with E-state index in [0.717, 1.165) is 31.2 Å². The molecule has 1 N–H and O–H groups in total. The molecule has 2 aliphatic rings. The lowest BCUT2D eigenvalue weighted by Crippen LogP contribution is -2.48. The number of aliphatic carboxylic acids is 1. The van der Waals surface area contributed by atoms with Gasteiger partial charge in [-0.15, -0.1) is 0 Å². The molecule has 2 aliphatic heterocycles. The zero-order chi connectivity index (χ0) is 30.5. The van der Waals surface area contributed by atoms with Gasteiger partial charge in [0.25, 0.3) is 0 Å². The van der Waals surface area contributed by atoms with Crippen molar-refractivity contribution in [3.05, 3.63) is 72.1 Å². The fourth-order valence-electron chi connectivity index (χ4n) is 6.69. The van der Waals surface area contributed by atoms with Gasteiger partial charge in [-0.3, -0.25) is 14.5 Å². The molecule has 3 aromatic rings. The van der Waals surface area contributed by atoms with Crippen LogP contribution in [0.5, 0.6) is 11.5 Å². The number of carboxylic acid groups (broad SMARTS) is 1. The number of carbonyl (C=O) groups is 2. The van der Waals surface area contributed by atoms with Crippen molar-refractivity contribution in [3.63, 3.8) is 0 Å². The van der Waals surface area contributed by atoms with E-state index in [4.69, 9.17) is 9.47 Å². The lowest BCUT2D eigenvalue weighted by Gasteiger charge is -2.35. The summed E-state index contributed by atoms with van der Waals surface area (Å²) in [5, 5.41) is 10.6. The number of aromatic nitrogens is 2. The van der Waals surface area contributed by atoms with Crippen molar-refractivity contribution in [1.82, 2.24) is 14.5 Å². The normalized spacial score (nSPS) is 19.7. The van der Waals surface area contributed by atoms with Crippen LogP contribution in [0, 0.1) is 18.7 Å². The Morgan fingerprint density at radius 3 is 2.56 bits per heavy atom. The first-order chi connectivity index (χ1) is 20.8. The van der Waals surface area contributed by atoms with Crippen LogP contribution in [0.2, 0.25) is 0 Å². The Labute approximate surface area is 252 Å². The van der Waals surface area contributed by atoms with Crippen LogP contribution >= 0.6 is 0 Å². The first-order valence-electron chi connectivity index (χ1n) is 15.2. The van der Waals surface area contributed by atoms with Crippen molar-refractivity contribution in [2.75, 3.05) is 24.8 Å². The molecule has 0 radical (unpaired) electrons. The van der Waals surface area contributed by atoms with Crippen LogP contribution < -0.4 is 14.4 Å². The second-order valence-corrected chi connectivity index (χ2v) is 11.6. The fourth-order valence-corrected chi connectivity index (χ4v) is 6.69. The SMILES string of the molecule is CCCC(CCC)N(C(=O)CN1C[C@H](c2ccc3c(c2)OCO3)C(C(=O)O)[C@@H]1CCn1ccnc1)c1ccc(F)c(C)c1. The Morgan fingerprint density at radius 2 is 1.88 bits per heavy atom. The Balaban J connectivity index is 1.48. The predicted octanol–water partition coefficient (Wildman–Crippen LogP) is 5.62. The number of nitrogens with zero attached hydrogens (tertiary/aromatic N) is 4. The number of imidazole rings is 1. The second kappa shape index (κ2) is 13.6. The van der Waals surface area contributed by atoms with Crippen LogP contribution in [0.15, 0.2) is 55.1 Å². The number of fused-ring (bicyclic) bond motifs is 1. The fraction of sp³-hybridized carbons (Fsp3) is 0.485. The van der Waals surface area contributed by atoms with Crippen LogP contribution in [-0.4, -0.2) is 63.4 Å². The van der Waals surface area contributed by atoms with Gasteiger partial charge in [0.05, 0.1) is 18.8 Å². The molecule has 1 amide bonds. The van der Waals surface area contributed by atoms with Crippen LogP contribution in [0.3, 0.4) is 0 Å². The first kappa shape index (κ1) is 30.5. The number of amides is 1. The highest BCUT2D eigenvalue weighted by atomic mass is 19.1. The maximum Gasteiger partial charge on any atom is 0.308 e. The summed E-state index contributed by atoms with van der Waals surface area (Å²) in [5.41, 5.74) is 2.00. The van der Waals surface area contributed by atoms with Gasteiger partial charge in [-0.05, 0) is 67.6 Å². The van der Waals surface area contributed by atoms with Gasteiger partial charge in [0.1, 0.15) is 5.82 Å². The molecule has 230 valence electrons. The Morgan fingerprint density at radius 1 is 1.12 bits per heavy atom. The van der Waals surface area contributed by atoms with E-state index in [0.29, 0.717) is 42.3 Å². The first-order valence-corrected chi connectivity index (χ1v) is 15.2. The smallest absolute Gasteiger partial charge is 0.308 e. The van der Waals surface area contributed by atoms with E-state index in [1.807, 2.05) is 38.8 Å². The number of benzene rings is 2. The van der Waals surface area contributed by atoms with E-state index in [-0.39, 0.29) is 37.0 Å². The van der Waals surface area contributed by atoms with Crippen LogP contribution in [0.1, 0.15) is 63.0 Å². The zero-order valence-electron chi connectivity index (χ0n) is 25.1. The van der Waals surface area contributed by atoms with E-state index < -0.39 is 17.9 Å². The second-order valence-electron chi connectivity index (χ2n) is 11.6. The number of carbonyl (C=O) groups excluding carboxylic acids is 1. The topological polar surface area (TPSA) is 97.1 Å². The molecule has 3 atom stereocenters. The number of hydrogen-bond acceptors (Lipinski definition) is 6. The molecular weight excluding hydrogens is 551 g/mol. The number of hydrogen-bond donors (Lipinski definition) is 1. The molecule has 43 heavy (non-hydrogen) atoms. The lowest BCUT2D eigenvalue weighted by atomic mass is 9.84. The highest BCUT2D eigenvalue weighted by molar-refractivity contribution is 5.95. The Bertz CT molecular complexity index is 1410. The summed E-state index contributed by atoms with van der Waals surface area (Å²) in [6.07, 6.45) is 9.24. The number of aryl methyl sites for hydroxylation is 2. The van der Waals surface area contributed by atoms with Gasteiger partial charge < -0.3 is 24.0 Å². The number of halogens is 1. The van der Waals surface area contributed by atoms with Crippen molar-refractivity contribution in [1.29, 1.82) is 0 Å². The summed E-state index contributed by atoms with van der Waals surface area (Å²) < 4.78 is 27.3. The van der Waals surface area contributed by atoms with E-state index in [1.54, 1.807) is 31.6 Å². The molecule has 1 fully saturated rings. The van der Waals surface area contributed by atoms with Crippen LogP contribution in [0.25, 0.3) is 0 Å². The van der Waals surface area contributed by atoms with Gasteiger partial charge in [-0.25, -0.2) is 9.37 Å². The average molecular weight is 593 g/mol. The summed E-state index contributed by atoms with van der Waals surface area (Å²) >= 11 is 0. The molecule has 0 spiro atoms. The van der Waals surface area contributed by atoms with Gasteiger partial charge in [0.2, 0.25) is 12.7 Å². The average Bonchev–Trinajstić information content (AvgIpc) is 3.74. The molecule has 2 aromatic carbocycles. The number of anilines is 1.